The van der Waals surface area contributed by atoms with E-state index in [-0.39, 0.29) is 12.2 Å². The molecule has 0 aromatic heterocycles. The smallest absolute Gasteiger partial charge is 0.104 e. The van der Waals surface area contributed by atoms with Gasteiger partial charge in [0.1, 0.15) is 12.2 Å². The van der Waals surface area contributed by atoms with Crippen LogP contribution in [0.4, 0.5) is 0 Å². The molecule has 2 aliphatic rings. The number of rotatable bonds is 2. The molecule has 0 radical (unpaired) electrons. The van der Waals surface area contributed by atoms with Gasteiger partial charge in [-0.3, -0.25) is 0 Å². The summed E-state index contributed by atoms with van der Waals surface area (Å²) in [5.41, 5.74) is 5.50. The van der Waals surface area contributed by atoms with E-state index in [1.807, 2.05) is 14.2 Å². The van der Waals surface area contributed by atoms with Crippen LogP contribution in [0.1, 0.15) is 49.0 Å². The molecule has 2 aliphatic carbocycles. The number of benzene rings is 1. The second-order valence-electron chi connectivity index (χ2n) is 5.12. The molecule has 0 aliphatic heterocycles. The molecule has 0 spiro atoms. The second-order valence-corrected chi connectivity index (χ2v) is 5.12. The van der Waals surface area contributed by atoms with E-state index in [2.05, 4.69) is 24.3 Å². The minimum Gasteiger partial charge on any atom is -0.372 e. The molecule has 18 heavy (non-hydrogen) atoms. The molecular formula is C16H20O2. The van der Waals surface area contributed by atoms with Gasteiger partial charge in [-0.25, -0.2) is 0 Å². The maximum absolute atomic E-state index is 5.77. The SMILES string of the molecule is COC1C2=C(CCCC2)C(OC)c2ccccc21. The first-order chi connectivity index (χ1) is 8.86. The van der Waals surface area contributed by atoms with Crippen molar-refractivity contribution >= 4 is 0 Å². The molecule has 2 nitrogen and oxygen atoms in total. The van der Waals surface area contributed by atoms with Gasteiger partial charge in [-0.2, -0.15) is 0 Å². The average Bonchev–Trinajstić information content (AvgIpc) is 2.44. The molecule has 96 valence electrons. The van der Waals surface area contributed by atoms with Crippen LogP contribution >= 0.6 is 0 Å². The lowest BCUT2D eigenvalue weighted by Gasteiger charge is -2.37. The van der Waals surface area contributed by atoms with Crippen LogP contribution in [-0.4, -0.2) is 14.2 Å². The Kier molecular flexibility index (Phi) is 3.23. The Morgan fingerprint density at radius 2 is 1.28 bits per heavy atom. The van der Waals surface area contributed by atoms with Crippen LogP contribution in [0.15, 0.2) is 35.4 Å². The van der Waals surface area contributed by atoms with Crippen molar-refractivity contribution in [3.8, 4) is 0 Å². The van der Waals surface area contributed by atoms with E-state index in [4.69, 9.17) is 9.47 Å². The zero-order valence-corrected chi connectivity index (χ0v) is 11.1. The molecule has 0 bridgehead atoms. The molecule has 0 N–H and O–H groups in total. The Morgan fingerprint density at radius 1 is 0.833 bits per heavy atom. The third kappa shape index (κ3) is 1.72. The summed E-state index contributed by atoms with van der Waals surface area (Å²) in [6.45, 7) is 0. The molecule has 1 aromatic rings. The van der Waals surface area contributed by atoms with E-state index >= 15 is 0 Å². The summed E-state index contributed by atoms with van der Waals surface area (Å²) in [5, 5.41) is 0. The number of methoxy groups -OCH3 is 2. The van der Waals surface area contributed by atoms with E-state index in [1.165, 1.54) is 35.1 Å². The van der Waals surface area contributed by atoms with Crippen molar-refractivity contribution in [1.82, 2.24) is 0 Å². The monoisotopic (exact) mass is 244 g/mol. The highest BCUT2D eigenvalue weighted by atomic mass is 16.5. The van der Waals surface area contributed by atoms with Crippen LogP contribution in [0.3, 0.4) is 0 Å². The average molecular weight is 244 g/mol. The summed E-state index contributed by atoms with van der Waals surface area (Å²) in [4.78, 5) is 0. The Bertz CT molecular complexity index is 433. The fourth-order valence-corrected chi connectivity index (χ4v) is 3.45. The van der Waals surface area contributed by atoms with Gasteiger partial charge in [0.05, 0.1) is 0 Å². The lowest BCUT2D eigenvalue weighted by atomic mass is 9.75. The normalized spacial score (nSPS) is 26.8. The predicted molar refractivity (Wildman–Crippen MR) is 71.4 cm³/mol. The highest BCUT2D eigenvalue weighted by molar-refractivity contribution is 5.46. The van der Waals surface area contributed by atoms with E-state index in [9.17, 15) is 0 Å². The zero-order valence-electron chi connectivity index (χ0n) is 11.1. The largest absolute Gasteiger partial charge is 0.372 e. The van der Waals surface area contributed by atoms with Gasteiger partial charge in [0.2, 0.25) is 0 Å². The Morgan fingerprint density at radius 3 is 1.67 bits per heavy atom. The van der Waals surface area contributed by atoms with Crippen molar-refractivity contribution in [3.63, 3.8) is 0 Å². The minimum atomic E-state index is 0.142. The molecule has 2 unspecified atom stereocenters. The molecule has 0 amide bonds. The van der Waals surface area contributed by atoms with Crippen molar-refractivity contribution in [2.45, 2.75) is 37.9 Å². The van der Waals surface area contributed by atoms with Gasteiger partial charge in [-0.15, -0.1) is 0 Å². The Labute approximate surface area is 109 Å². The van der Waals surface area contributed by atoms with Gasteiger partial charge in [0, 0.05) is 14.2 Å². The minimum absolute atomic E-state index is 0.142. The Balaban J connectivity index is 2.15. The maximum atomic E-state index is 5.77. The molecule has 0 saturated heterocycles. The molecule has 2 heteroatoms. The van der Waals surface area contributed by atoms with E-state index in [0.717, 1.165) is 12.8 Å². The maximum Gasteiger partial charge on any atom is 0.104 e. The predicted octanol–water partition coefficient (Wildman–Crippen LogP) is 3.95. The van der Waals surface area contributed by atoms with Crippen LogP contribution in [0.25, 0.3) is 0 Å². The number of hydrogen-bond acceptors (Lipinski definition) is 2. The quantitative estimate of drug-likeness (QED) is 0.733. The summed E-state index contributed by atoms with van der Waals surface area (Å²) in [6, 6.07) is 8.53. The van der Waals surface area contributed by atoms with Gasteiger partial charge >= 0.3 is 0 Å². The third-order valence-electron chi connectivity index (χ3n) is 4.22. The van der Waals surface area contributed by atoms with Gasteiger partial charge < -0.3 is 9.47 Å². The summed E-state index contributed by atoms with van der Waals surface area (Å²) in [6.07, 6.45) is 5.14. The van der Waals surface area contributed by atoms with Gasteiger partial charge in [0.25, 0.3) is 0 Å². The van der Waals surface area contributed by atoms with Gasteiger partial charge in [-0.1, -0.05) is 24.3 Å². The first-order valence-electron chi connectivity index (χ1n) is 6.73. The van der Waals surface area contributed by atoms with Crippen LogP contribution in [0.2, 0.25) is 0 Å². The van der Waals surface area contributed by atoms with Crippen molar-refractivity contribution in [2.24, 2.45) is 0 Å². The first-order valence-corrected chi connectivity index (χ1v) is 6.73. The standard InChI is InChI=1S/C16H20O2/c1-17-15-11-7-3-5-9-13(11)16(18-2)14-10-6-4-8-12(14)15/h3,5,7,9,15-16H,4,6,8,10H2,1-2H3. The number of fused-ring (bicyclic) bond motifs is 1. The number of hydrogen-bond donors (Lipinski definition) is 0. The molecule has 1 aromatic carbocycles. The molecule has 0 heterocycles. The lowest BCUT2D eigenvalue weighted by Crippen LogP contribution is -2.23. The van der Waals surface area contributed by atoms with Crippen LogP contribution in [-0.2, 0) is 9.47 Å². The van der Waals surface area contributed by atoms with Crippen LogP contribution in [0, 0.1) is 0 Å². The fraction of sp³-hybridized carbons (Fsp3) is 0.500. The third-order valence-corrected chi connectivity index (χ3v) is 4.22. The zero-order chi connectivity index (χ0) is 12.5. The first kappa shape index (κ1) is 11.9. The van der Waals surface area contributed by atoms with E-state index in [0.29, 0.717) is 0 Å². The number of ether oxygens (including phenoxy) is 2. The molecular weight excluding hydrogens is 224 g/mol. The Hall–Kier alpha value is -1.12. The topological polar surface area (TPSA) is 18.5 Å². The van der Waals surface area contributed by atoms with Crippen molar-refractivity contribution in [3.05, 3.63) is 46.5 Å². The summed E-state index contributed by atoms with van der Waals surface area (Å²) in [7, 11) is 3.63. The molecule has 3 rings (SSSR count). The van der Waals surface area contributed by atoms with E-state index in [1.54, 1.807) is 0 Å². The second kappa shape index (κ2) is 4.87. The summed E-state index contributed by atoms with van der Waals surface area (Å²) in [5.74, 6) is 0. The van der Waals surface area contributed by atoms with Crippen molar-refractivity contribution < 1.29 is 9.47 Å². The molecule has 0 saturated carbocycles. The highest BCUT2D eigenvalue weighted by Crippen LogP contribution is 2.48. The highest BCUT2D eigenvalue weighted by Gasteiger charge is 2.35. The fourth-order valence-electron chi connectivity index (χ4n) is 3.45. The van der Waals surface area contributed by atoms with E-state index < -0.39 is 0 Å². The summed E-state index contributed by atoms with van der Waals surface area (Å²) >= 11 is 0. The van der Waals surface area contributed by atoms with Crippen LogP contribution in [0.5, 0.6) is 0 Å². The van der Waals surface area contributed by atoms with Gasteiger partial charge in [0.15, 0.2) is 0 Å². The lowest BCUT2D eigenvalue weighted by molar-refractivity contribution is 0.0880. The molecule has 2 atom stereocenters. The van der Waals surface area contributed by atoms with Gasteiger partial charge in [-0.05, 0) is 48.0 Å². The molecule has 0 fully saturated rings. The summed E-state index contributed by atoms with van der Waals surface area (Å²) < 4.78 is 11.5. The van der Waals surface area contributed by atoms with Crippen molar-refractivity contribution in [1.29, 1.82) is 0 Å². The van der Waals surface area contributed by atoms with Crippen molar-refractivity contribution in [2.75, 3.05) is 14.2 Å². The van der Waals surface area contributed by atoms with Crippen LogP contribution < -0.4 is 0 Å².